The number of hydrogen-bond donors (Lipinski definition) is 3. The van der Waals surface area contributed by atoms with Crippen molar-refractivity contribution in [3.8, 4) is 0 Å². The summed E-state index contributed by atoms with van der Waals surface area (Å²) in [5.74, 6) is -1.38. The Balaban J connectivity index is 2.43. The zero-order chi connectivity index (χ0) is 20.5. The lowest BCUT2D eigenvalue weighted by Gasteiger charge is -2.26. The lowest BCUT2D eigenvalue weighted by molar-refractivity contribution is -0.137. The molecule has 0 aliphatic heterocycles. The number of amides is 1. The van der Waals surface area contributed by atoms with Crippen LogP contribution >= 0.6 is 0 Å². The van der Waals surface area contributed by atoms with E-state index < -0.39 is 32.9 Å². The van der Waals surface area contributed by atoms with Gasteiger partial charge in [-0.3, -0.25) is 4.79 Å². The van der Waals surface area contributed by atoms with Crippen molar-refractivity contribution in [2.24, 2.45) is 0 Å². The fourth-order valence-corrected chi connectivity index (χ4v) is 3.83. The number of benzene rings is 1. The minimum atomic E-state index is -3.81. The molecule has 1 aromatic carbocycles. The Hall–Kier alpha value is -2.13. The molecule has 1 amide bonds. The molecule has 0 fully saturated rings. The number of carbonyl (C=O) groups is 2. The summed E-state index contributed by atoms with van der Waals surface area (Å²) >= 11 is 0. The van der Waals surface area contributed by atoms with Crippen molar-refractivity contribution in [2.45, 2.75) is 57.1 Å². The molecule has 9 heteroatoms. The summed E-state index contributed by atoms with van der Waals surface area (Å²) in [6, 6.07) is 9.14. The maximum atomic E-state index is 12.1. The molecule has 152 valence electrons. The third kappa shape index (κ3) is 9.39. The van der Waals surface area contributed by atoms with Gasteiger partial charge in [0, 0.05) is 12.0 Å². The van der Waals surface area contributed by atoms with Crippen molar-refractivity contribution in [3.63, 3.8) is 0 Å². The second kappa shape index (κ2) is 10.3. The molecule has 0 spiro atoms. The quantitative estimate of drug-likeness (QED) is 0.517. The molecular formula is C18H27NO7S. The van der Waals surface area contributed by atoms with E-state index in [1.54, 1.807) is 13.8 Å². The van der Waals surface area contributed by atoms with Crippen molar-refractivity contribution >= 4 is 21.9 Å². The molecule has 1 aromatic rings. The number of nitrogens with one attached hydrogen (secondary N) is 1. The molecule has 0 saturated heterocycles. The Morgan fingerprint density at radius 1 is 1.22 bits per heavy atom. The summed E-state index contributed by atoms with van der Waals surface area (Å²) in [6.07, 6.45) is -0.855. The number of alkyl carbamates (subject to hydrolysis) is 1. The maximum Gasteiger partial charge on any atom is 0.407 e. The molecule has 0 aliphatic rings. The van der Waals surface area contributed by atoms with Gasteiger partial charge in [-0.1, -0.05) is 30.3 Å². The highest BCUT2D eigenvalue weighted by Gasteiger charge is 2.28. The Morgan fingerprint density at radius 3 is 2.44 bits per heavy atom. The lowest BCUT2D eigenvalue weighted by Crippen LogP contribution is -2.45. The molecule has 0 aromatic heterocycles. The van der Waals surface area contributed by atoms with Crippen LogP contribution in [-0.2, 0) is 26.0 Å². The molecular weight excluding hydrogens is 374 g/mol. The molecule has 1 rings (SSSR count). The van der Waals surface area contributed by atoms with E-state index in [0.29, 0.717) is 0 Å². The SMILES string of the molecule is CC(C)(CCS(=O)(=O)C(O)CCCC(=O)O)NC(=O)OCc1ccccc1. The predicted molar refractivity (Wildman–Crippen MR) is 99.7 cm³/mol. The summed E-state index contributed by atoms with van der Waals surface area (Å²) in [5.41, 5.74) is -1.64. The third-order valence-corrected chi connectivity index (χ3v) is 5.76. The lowest BCUT2D eigenvalue weighted by atomic mass is 10.0. The van der Waals surface area contributed by atoms with E-state index in [4.69, 9.17) is 9.84 Å². The van der Waals surface area contributed by atoms with Gasteiger partial charge in [0.25, 0.3) is 0 Å². The number of carboxylic acids is 1. The summed E-state index contributed by atoms with van der Waals surface area (Å²) in [5, 5.41) is 21.0. The van der Waals surface area contributed by atoms with E-state index in [0.717, 1.165) is 5.56 Å². The van der Waals surface area contributed by atoms with Crippen LogP contribution in [0.4, 0.5) is 4.79 Å². The van der Waals surface area contributed by atoms with Crippen molar-refractivity contribution < 1.29 is 33.0 Å². The number of carboxylic acid groups (broad SMARTS) is 1. The van der Waals surface area contributed by atoms with E-state index >= 15 is 0 Å². The molecule has 1 unspecified atom stereocenters. The average molecular weight is 401 g/mol. The highest BCUT2D eigenvalue weighted by molar-refractivity contribution is 7.91. The molecule has 0 bridgehead atoms. The van der Waals surface area contributed by atoms with Crippen molar-refractivity contribution in [1.82, 2.24) is 5.32 Å². The van der Waals surface area contributed by atoms with Crippen LogP contribution in [-0.4, -0.2) is 47.4 Å². The molecule has 8 nitrogen and oxygen atoms in total. The zero-order valence-electron chi connectivity index (χ0n) is 15.6. The van der Waals surface area contributed by atoms with E-state index in [2.05, 4.69) is 5.32 Å². The third-order valence-electron chi connectivity index (χ3n) is 3.92. The second-order valence-electron chi connectivity index (χ2n) is 6.93. The van der Waals surface area contributed by atoms with E-state index in [1.807, 2.05) is 30.3 Å². The van der Waals surface area contributed by atoms with Crippen molar-refractivity contribution in [3.05, 3.63) is 35.9 Å². The Bertz CT molecular complexity index is 716. The van der Waals surface area contributed by atoms with Crippen molar-refractivity contribution in [2.75, 3.05) is 5.75 Å². The number of aliphatic carboxylic acids is 1. The molecule has 27 heavy (non-hydrogen) atoms. The Kier molecular flexibility index (Phi) is 8.71. The van der Waals surface area contributed by atoms with Gasteiger partial charge in [-0.15, -0.1) is 0 Å². The minimum absolute atomic E-state index is 0.0726. The summed E-state index contributed by atoms with van der Waals surface area (Å²) in [6.45, 7) is 3.41. The van der Waals surface area contributed by atoms with Gasteiger partial charge >= 0.3 is 12.1 Å². The van der Waals surface area contributed by atoms with Gasteiger partial charge in [0.15, 0.2) is 15.3 Å². The van der Waals surface area contributed by atoms with Gasteiger partial charge in [-0.05, 0) is 38.7 Å². The van der Waals surface area contributed by atoms with Crippen LogP contribution in [0.1, 0.15) is 45.1 Å². The molecule has 3 N–H and O–H groups in total. The number of sulfone groups is 1. The van der Waals surface area contributed by atoms with Gasteiger partial charge in [0.2, 0.25) is 0 Å². The van der Waals surface area contributed by atoms with Crippen LogP contribution in [0, 0.1) is 0 Å². The first-order valence-corrected chi connectivity index (χ1v) is 10.3. The largest absolute Gasteiger partial charge is 0.481 e. The highest BCUT2D eigenvalue weighted by Crippen LogP contribution is 2.15. The number of aliphatic hydroxyl groups excluding tert-OH is 1. The molecule has 0 radical (unpaired) electrons. The van der Waals surface area contributed by atoms with Gasteiger partial charge < -0.3 is 20.3 Å². The first-order chi connectivity index (χ1) is 12.5. The number of hydrogen-bond acceptors (Lipinski definition) is 6. The van der Waals surface area contributed by atoms with Gasteiger partial charge in [-0.25, -0.2) is 13.2 Å². The maximum absolute atomic E-state index is 12.1. The van der Waals surface area contributed by atoms with Crippen LogP contribution in [0.3, 0.4) is 0 Å². The van der Waals surface area contributed by atoms with E-state index in [-0.39, 0.29) is 38.0 Å². The second-order valence-corrected chi connectivity index (χ2v) is 9.21. The Labute approximate surface area is 159 Å². The first-order valence-electron chi connectivity index (χ1n) is 8.62. The number of ether oxygens (including phenoxy) is 1. The number of rotatable bonds is 11. The van der Waals surface area contributed by atoms with Crippen LogP contribution in [0.2, 0.25) is 0 Å². The van der Waals surface area contributed by atoms with Crippen molar-refractivity contribution in [1.29, 1.82) is 0 Å². The normalized spacial score (nSPS) is 13.0. The summed E-state index contributed by atoms with van der Waals surface area (Å²) in [4.78, 5) is 22.4. The summed E-state index contributed by atoms with van der Waals surface area (Å²) in [7, 11) is -3.81. The predicted octanol–water partition coefficient (Wildman–Crippen LogP) is 2.07. The molecule has 0 aliphatic carbocycles. The van der Waals surface area contributed by atoms with Crippen LogP contribution in [0.5, 0.6) is 0 Å². The topological polar surface area (TPSA) is 130 Å². The van der Waals surface area contributed by atoms with Gasteiger partial charge in [0.05, 0.1) is 5.75 Å². The zero-order valence-corrected chi connectivity index (χ0v) is 16.4. The standard InChI is InChI=1S/C18H27NO7S/c1-18(2,19-17(23)26-13-14-7-4-3-5-8-14)11-12-27(24,25)16(22)10-6-9-15(20)21/h3-5,7-8,16,22H,6,9-13H2,1-2H3,(H,19,23)(H,20,21). The first kappa shape index (κ1) is 22.9. The summed E-state index contributed by atoms with van der Waals surface area (Å²) < 4.78 is 29.3. The Morgan fingerprint density at radius 2 is 1.85 bits per heavy atom. The van der Waals surface area contributed by atoms with Crippen LogP contribution in [0.25, 0.3) is 0 Å². The van der Waals surface area contributed by atoms with Gasteiger partial charge in [-0.2, -0.15) is 0 Å². The van der Waals surface area contributed by atoms with Crippen LogP contribution < -0.4 is 5.32 Å². The molecule has 0 saturated carbocycles. The average Bonchev–Trinajstić information content (AvgIpc) is 2.58. The monoisotopic (exact) mass is 401 g/mol. The molecule has 0 heterocycles. The van der Waals surface area contributed by atoms with E-state index in [9.17, 15) is 23.1 Å². The fourth-order valence-electron chi connectivity index (χ4n) is 2.24. The van der Waals surface area contributed by atoms with Crippen LogP contribution in [0.15, 0.2) is 30.3 Å². The number of carbonyl (C=O) groups excluding carboxylic acids is 1. The molecule has 1 atom stereocenters. The smallest absolute Gasteiger partial charge is 0.407 e. The van der Waals surface area contributed by atoms with E-state index in [1.165, 1.54) is 0 Å². The number of aliphatic hydroxyl groups is 1. The minimum Gasteiger partial charge on any atom is -0.481 e. The highest BCUT2D eigenvalue weighted by atomic mass is 32.2. The fraction of sp³-hybridized carbons (Fsp3) is 0.556. The van der Waals surface area contributed by atoms with Gasteiger partial charge in [0.1, 0.15) is 6.61 Å².